The zero-order valence-electron chi connectivity index (χ0n) is 19.7. The number of aromatic nitrogens is 1. The van der Waals surface area contributed by atoms with Crippen molar-refractivity contribution in [3.05, 3.63) is 54.0 Å². The van der Waals surface area contributed by atoms with Crippen molar-refractivity contribution in [3.8, 4) is 5.75 Å². The van der Waals surface area contributed by atoms with E-state index in [2.05, 4.69) is 4.98 Å². The molecule has 1 aliphatic rings. The minimum Gasteiger partial charge on any atom is -0.489 e. The van der Waals surface area contributed by atoms with Crippen molar-refractivity contribution in [2.75, 3.05) is 32.4 Å². The van der Waals surface area contributed by atoms with Gasteiger partial charge in [-0.05, 0) is 55.0 Å². The highest BCUT2D eigenvalue weighted by molar-refractivity contribution is 7.89. The fraction of sp³-hybridized carbons (Fsp3) is 0.522. The number of sulfonamides is 2. The molecule has 0 N–H and O–H groups in total. The highest BCUT2D eigenvalue weighted by atomic mass is 32.2. The summed E-state index contributed by atoms with van der Waals surface area (Å²) in [5.74, 6) is 0.227. The van der Waals surface area contributed by atoms with Crippen LogP contribution in [0.5, 0.6) is 5.75 Å². The van der Waals surface area contributed by atoms with E-state index in [9.17, 15) is 21.2 Å². The normalized spacial score (nSPS) is 16.3. The van der Waals surface area contributed by atoms with Crippen LogP contribution in [0.4, 0.5) is 4.39 Å². The first-order chi connectivity index (χ1) is 15.9. The first-order valence-electron chi connectivity index (χ1n) is 11.3. The largest absolute Gasteiger partial charge is 0.489 e. The lowest BCUT2D eigenvalue weighted by Gasteiger charge is -2.30. The van der Waals surface area contributed by atoms with Gasteiger partial charge in [0.2, 0.25) is 10.0 Å². The molecule has 0 bridgehead atoms. The molecule has 1 aliphatic heterocycles. The number of pyridine rings is 1. The van der Waals surface area contributed by atoms with E-state index in [1.54, 1.807) is 18.2 Å². The molecule has 0 saturated carbocycles. The molecule has 1 aromatic heterocycles. The molecule has 1 saturated heterocycles. The van der Waals surface area contributed by atoms with Crippen LogP contribution in [-0.4, -0.2) is 69.0 Å². The molecule has 2 heterocycles. The Morgan fingerprint density at radius 3 is 2.26 bits per heavy atom. The summed E-state index contributed by atoms with van der Waals surface area (Å²) in [6.07, 6.45) is 4.00. The Morgan fingerprint density at radius 2 is 1.74 bits per heavy atom. The maximum Gasteiger partial charge on any atom is 0.260 e. The van der Waals surface area contributed by atoms with Crippen LogP contribution in [0.3, 0.4) is 0 Å². The van der Waals surface area contributed by atoms with Gasteiger partial charge in [-0.25, -0.2) is 30.5 Å². The molecule has 1 aromatic carbocycles. The minimum absolute atomic E-state index is 0.0634. The van der Waals surface area contributed by atoms with E-state index in [1.165, 1.54) is 39.3 Å². The van der Waals surface area contributed by atoms with E-state index < -0.39 is 20.0 Å². The lowest BCUT2D eigenvalue weighted by Crippen LogP contribution is -2.41. The molecule has 0 aliphatic carbocycles. The maximum absolute atomic E-state index is 13.3. The Balaban J connectivity index is 1.65. The summed E-state index contributed by atoms with van der Waals surface area (Å²) in [6, 6.07) is 9.04. The summed E-state index contributed by atoms with van der Waals surface area (Å²) < 4.78 is 71.7. The van der Waals surface area contributed by atoms with Crippen LogP contribution in [0.1, 0.15) is 32.3 Å². The zero-order chi connectivity index (χ0) is 24.9. The predicted octanol–water partition coefficient (Wildman–Crippen LogP) is 2.91. The second kappa shape index (κ2) is 11.1. The molecule has 3 rings (SSSR count). The van der Waals surface area contributed by atoms with Crippen molar-refractivity contribution >= 4 is 20.0 Å². The molecule has 0 spiro atoms. The molecular formula is C23H32FN3O5S2. The number of benzene rings is 1. The number of hydrogen-bond acceptors (Lipinski definition) is 6. The topological polar surface area (TPSA) is 96.9 Å². The van der Waals surface area contributed by atoms with Crippen LogP contribution in [0.25, 0.3) is 0 Å². The van der Waals surface area contributed by atoms with Crippen molar-refractivity contribution in [1.29, 1.82) is 0 Å². The number of piperidine rings is 1. The summed E-state index contributed by atoms with van der Waals surface area (Å²) >= 11 is 0. The van der Waals surface area contributed by atoms with Gasteiger partial charge in [0.05, 0.1) is 12.5 Å². The molecule has 2 aromatic rings. The van der Waals surface area contributed by atoms with Crippen molar-refractivity contribution in [3.63, 3.8) is 0 Å². The van der Waals surface area contributed by atoms with E-state index in [1.807, 2.05) is 13.8 Å². The van der Waals surface area contributed by atoms with Crippen LogP contribution in [0, 0.1) is 11.7 Å². The Bertz CT molecular complexity index is 1150. The molecule has 1 fully saturated rings. The molecule has 34 heavy (non-hydrogen) atoms. The van der Waals surface area contributed by atoms with Gasteiger partial charge in [-0.2, -0.15) is 4.31 Å². The van der Waals surface area contributed by atoms with Gasteiger partial charge < -0.3 is 4.74 Å². The fourth-order valence-electron chi connectivity index (χ4n) is 3.82. The molecule has 8 nitrogen and oxygen atoms in total. The second-order valence-electron chi connectivity index (χ2n) is 8.94. The SMILES string of the molecule is CC(C)CN(CCc1ccc(F)cc1)S(=O)(=O)c1ccc(OC2CCN(S(C)(=O)=O)CC2)cn1. The van der Waals surface area contributed by atoms with E-state index in [-0.39, 0.29) is 29.4 Å². The van der Waals surface area contributed by atoms with Gasteiger partial charge in [0.25, 0.3) is 10.0 Å². The maximum atomic E-state index is 13.3. The van der Waals surface area contributed by atoms with Crippen LogP contribution < -0.4 is 4.74 Å². The van der Waals surface area contributed by atoms with Gasteiger partial charge in [0.1, 0.15) is 17.7 Å². The lowest BCUT2D eigenvalue weighted by atomic mass is 10.1. The number of ether oxygens (including phenoxy) is 1. The number of halogens is 1. The first kappa shape index (κ1) is 26.5. The quantitative estimate of drug-likeness (QED) is 0.485. The summed E-state index contributed by atoms with van der Waals surface area (Å²) in [4.78, 5) is 4.15. The fourth-order valence-corrected chi connectivity index (χ4v) is 6.21. The Kier molecular flexibility index (Phi) is 8.66. The molecule has 0 amide bonds. The average Bonchev–Trinajstić information content (AvgIpc) is 2.77. The molecule has 11 heteroatoms. The highest BCUT2D eigenvalue weighted by Gasteiger charge is 2.28. The highest BCUT2D eigenvalue weighted by Crippen LogP contribution is 2.22. The van der Waals surface area contributed by atoms with Gasteiger partial charge in [0, 0.05) is 26.2 Å². The van der Waals surface area contributed by atoms with Gasteiger partial charge in [-0.15, -0.1) is 0 Å². The molecule has 0 atom stereocenters. The third-order valence-electron chi connectivity index (χ3n) is 5.62. The number of hydrogen-bond donors (Lipinski definition) is 0. The molecule has 188 valence electrons. The third kappa shape index (κ3) is 7.21. The van der Waals surface area contributed by atoms with Gasteiger partial charge >= 0.3 is 0 Å². The summed E-state index contributed by atoms with van der Waals surface area (Å²) in [5.41, 5.74) is 0.851. The van der Waals surface area contributed by atoms with Crippen molar-refractivity contribution in [2.24, 2.45) is 5.92 Å². The van der Waals surface area contributed by atoms with Crippen LogP contribution in [-0.2, 0) is 26.5 Å². The third-order valence-corrected chi connectivity index (χ3v) is 8.70. The van der Waals surface area contributed by atoms with Gasteiger partial charge in [-0.1, -0.05) is 26.0 Å². The summed E-state index contributed by atoms with van der Waals surface area (Å²) in [5, 5.41) is -0.0634. The summed E-state index contributed by atoms with van der Waals surface area (Å²) in [7, 11) is -7.04. The Labute approximate surface area is 201 Å². The van der Waals surface area contributed by atoms with Crippen LogP contribution in [0.15, 0.2) is 47.6 Å². The molecule has 0 unspecified atom stereocenters. The smallest absolute Gasteiger partial charge is 0.260 e. The van der Waals surface area contributed by atoms with Gasteiger partial charge in [0.15, 0.2) is 5.03 Å². The van der Waals surface area contributed by atoms with E-state index in [0.29, 0.717) is 44.6 Å². The second-order valence-corrected chi connectivity index (χ2v) is 12.8. The standard InChI is InChI=1S/C23H32FN3O5S2/c1-18(2)17-27(13-10-19-4-6-20(24)7-5-19)34(30,31)23-9-8-22(16-25-23)32-21-11-14-26(15-12-21)33(3,28)29/h4-9,16,18,21H,10-15,17H2,1-3H3. The number of nitrogens with zero attached hydrogens (tertiary/aromatic N) is 3. The summed E-state index contributed by atoms with van der Waals surface area (Å²) in [6.45, 7) is 5.26. The van der Waals surface area contributed by atoms with E-state index in [0.717, 1.165) is 5.56 Å². The van der Waals surface area contributed by atoms with E-state index in [4.69, 9.17) is 4.74 Å². The lowest BCUT2D eigenvalue weighted by molar-refractivity contribution is 0.135. The Hall–Kier alpha value is -2.08. The van der Waals surface area contributed by atoms with Crippen LogP contribution in [0.2, 0.25) is 0 Å². The van der Waals surface area contributed by atoms with Crippen molar-refractivity contribution in [1.82, 2.24) is 13.6 Å². The monoisotopic (exact) mass is 513 g/mol. The van der Waals surface area contributed by atoms with Gasteiger partial charge in [-0.3, -0.25) is 0 Å². The molecular weight excluding hydrogens is 481 g/mol. The van der Waals surface area contributed by atoms with E-state index >= 15 is 0 Å². The minimum atomic E-state index is -3.83. The first-order valence-corrected chi connectivity index (χ1v) is 14.6. The van der Waals surface area contributed by atoms with Crippen LogP contribution >= 0.6 is 0 Å². The zero-order valence-corrected chi connectivity index (χ0v) is 21.4. The Morgan fingerprint density at radius 1 is 1.09 bits per heavy atom. The average molecular weight is 514 g/mol. The predicted molar refractivity (Wildman–Crippen MR) is 128 cm³/mol. The molecule has 0 radical (unpaired) electrons. The number of rotatable bonds is 10. The van der Waals surface area contributed by atoms with Crippen molar-refractivity contribution in [2.45, 2.75) is 44.2 Å². The van der Waals surface area contributed by atoms with Crippen molar-refractivity contribution < 1.29 is 26.0 Å².